The lowest BCUT2D eigenvalue weighted by Gasteiger charge is -2.39. The summed E-state index contributed by atoms with van der Waals surface area (Å²) in [5.41, 5.74) is 3.73. The number of Topliss-reactive ketones (excluding diaryl/α,β-unsaturated/α-hetero) is 1. The van der Waals surface area contributed by atoms with Crippen LogP contribution in [0.25, 0.3) is 0 Å². The van der Waals surface area contributed by atoms with Crippen molar-refractivity contribution in [3.05, 3.63) is 0 Å². The number of nitrogens with two attached hydrogens (primary N) is 1. The molecule has 6 atom stereocenters. The average Bonchev–Trinajstić information content (AvgIpc) is 3.29. The van der Waals surface area contributed by atoms with Crippen LogP contribution in [0.2, 0.25) is 0 Å². The molecule has 2 saturated heterocycles. The molecule has 1 saturated carbocycles. The number of carbonyl (C=O) groups excluding carboxylic acids is 5. The smallest absolute Gasteiger partial charge is 0.315 e. The van der Waals surface area contributed by atoms with Crippen LogP contribution in [-0.4, -0.2) is 109 Å². The van der Waals surface area contributed by atoms with Crippen LogP contribution in [0.3, 0.4) is 0 Å². The SMILES string of the molecule is CCCC(NC(=O)[C@@H]1[C@@H]2[C@H](CN1C(=O)[C@@H](NC(=O)N[C@H](CN(C)S(=O)(=O)N1CCCCC1)C(C)(C)C)C(C)(C)C)C2(C)C)C(=O)C(N)=O. The molecule has 15 heteroatoms. The number of nitrogens with one attached hydrogen (secondary N) is 3. The minimum atomic E-state index is -3.72. The minimum Gasteiger partial charge on any atom is -0.363 e. The van der Waals surface area contributed by atoms with E-state index in [4.69, 9.17) is 5.73 Å². The van der Waals surface area contributed by atoms with E-state index in [9.17, 15) is 32.4 Å². The second-order valence-electron chi connectivity index (χ2n) is 16.6. The van der Waals surface area contributed by atoms with Crippen LogP contribution in [0, 0.1) is 28.1 Å². The van der Waals surface area contributed by atoms with Crippen LogP contribution in [0.15, 0.2) is 0 Å². The number of urea groups is 1. The third-order valence-electron chi connectivity index (χ3n) is 10.4. The predicted molar refractivity (Wildman–Crippen MR) is 182 cm³/mol. The number of amides is 5. The van der Waals surface area contributed by atoms with E-state index in [1.165, 1.54) is 20.6 Å². The maximum Gasteiger partial charge on any atom is 0.315 e. The first kappa shape index (κ1) is 39.7. The molecular weight excluding hydrogens is 638 g/mol. The van der Waals surface area contributed by atoms with E-state index in [1.807, 2.05) is 62.3 Å². The van der Waals surface area contributed by atoms with Gasteiger partial charge in [0, 0.05) is 39.3 Å². The number of ketones is 1. The van der Waals surface area contributed by atoms with Crippen molar-refractivity contribution in [2.24, 2.45) is 33.8 Å². The molecule has 1 aliphatic carbocycles. The topological polar surface area (TPSA) is 191 Å². The van der Waals surface area contributed by atoms with Crippen molar-refractivity contribution >= 4 is 39.7 Å². The molecule has 5 amide bonds. The number of rotatable bonds is 13. The Morgan fingerprint density at radius 1 is 0.938 bits per heavy atom. The first-order chi connectivity index (χ1) is 22.0. The summed E-state index contributed by atoms with van der Waals surface area (Å²) >= 11 is 0. The van der Waals surface area contributed by atoms with Crippen LogP contribution in [0.1, 0.15) is 94.4 Å². The summed E-state index contributed by atoms with van der Waals surface area (Å²) in [4.78, 5) is 67.3. The van der Waals surface area contributed by atoms with Crippen molar-refractivity contribution < 1.29 is 32.4 Å². The molecule has 0 bridgehead atoms. The highest BCUT2D eigenvalue weighted by atomic mass is 32.2. The molecule has 3 rings (SSSR count). The molecule has 3 fully saturated rings. The van der Waals surface area contributed by atoms with E-state index in [0.29, 0.717) is 26.1 Å². The molecule has 14 nitrogen and oxygen atoms in total. The Morgan fingerprint density at radius 3 is 2.02 bits per heavy atom. The highest BCUT2D eigenvalue weighted by Gasteiger charge is 2.70. The summed E-state index contributed by atoms with van der Waals surface area (Å²) in [6, 6.07) is -4.26. The molecule has 5 N–H and O–H groups in total. The monoisotopic (exact) mass is 697 g/mol. The van der Waals surface area contributed by atoms with Gasteiger partial charge in [-0.3, -0.25) is 19.2 Å². The number of likely N-dealkylation sites (tertiary alicyclic amines) is 1. The van der Waals surface area contributed by atoms with E-state index in [0.717, 1.165) is 19.3 Å². The van der Waals surface area contributed by atoms with Gasteiger partial charge in [0.25, 0.3) is 16.1 Å². The summed E-state index contributed by atoms with van der Waals surface area (Å²) in [5, 5.41) is 8.48. The van der Waals surface area contributed by atoms with Crippen molar-refractivity contribution in [1.29, 1.82) is 0 Å². The zero-order valence-electron chi connectivity index (χ0n) is 30.5. The van der Waals surface area contributed by atoms with Gasteiger partial charge in [-0.05, 0) is 47.3 Å². The van der Waals surface area contributed by atoms with Crippen LogP contribution >= 0.6 is 0 Å². The van der Waals surface area contributed by atoms with Gasteiger partial charge in [-0.25, -0.2) is 4.79 Å². The normalized spacial score (nSPS) is 24.6. The first-order valence-corrected chi connectivity index (χ1v) is 18.6. The molecule has 0 aromatic rings. The Labute approximate surface area is 286 Å². The lowest BCUT2D eigenvalue weighted by Crippen LogP contribution is -2.63. The maximum atomic E-state index is 14.3. The summed E-state index contributed by atoms with van der Waals surface area (Å²) < 4.78 is 29.4. The van der Waals surface area contributed by atoms with Crippen LogP contribution in [0.4, 0.5) is 4.79 Å². The number of primary amides is 1. The zero-order chi connectivity index (χ0) is 36.6. The highest BCUT2D eigenvalue weighted by Crippen LogP contribution is 2.65. The molecule has 0 radical (unpaired) electrons. The standard InChI is InChI=1S/C33H59N7O7S/c1-11-15-21(25(41)27(34)42)35-28(43)24-23-20(33(23,8)9)18-40(24)29(44)26(32(5,6)7)37-30(45)36-22(31(2,3)4)19-38(10)48(46,47)39-16-13-12-14-17-39/h20-24,26H,11-19H2,1-10H3,(H2,34,42)(H,35,43)(H2,36,37,45)/t20-,21?,22+,23-,24-,26+/m0/s1. The number of likely N-dealkylation sites (N-methyl/N-ethyl adjacent to an activating group) is 1. The van der Waals surface area contributed by atoms with E-state index in [1.54, 1.807) is 0 Å². The van der Waals surface area contributed by atoms with E-state index in [-0.39, 0.29) is 30.2 Å². The first-order valence-electron chi connectivity index (χ1n) is 17.2. The van der Waals surface area contributed by atoms with Gasteiger partial charge in [0.05, 0.1) is 6.04 Å². The van der Waals surface area contributed by atoms with Crippen molar-refractivity contribution in [2.75, 3.05) is 33.2 Å². The third-order valence-corrected chi connectivity index (χ3v) is 12.4. The van der Waals surface area contributed by atoms with Crippen molar-refractivity contribution in [3.8, 4) is 0 Å². The Balaban J connectivity index is 1.81. The van der Waals surface area contributed by atoms with Gasteiger partial charge >= 0.3 is 6.03 Å². The molecule has 2 aliphatic heterocycles. The number of carbonyl (C=O) groups is 5. The summed E-state index contributed by atoms with van der Waals surface area (Å²) in [6.45, 7) is 18.3. The van der Waals surface area contributed by atoms with Gasteiger partial charge in [-0.15, -0.1) is 0 Å². The number of nitrogens with zero attached hydrogens (tertiary/aromatic N) is 3. The zero-order valence-corrected chi connectivity index (χ0v) is 31.3. The van der Waals surface area contributed by atoms with E-state index >= 15 is 0 Å². The third kappa shape index (κ3) is 8.68. The van der Waals surface area contributed by atoms with Crippen molar-refractivity contribution in [2.45, 2.75) is 119 Å². The van der Waals surface area contributed by atoms with E-state index in [2.05, 4.69) is 16.0 Å². The van der Waals surface area contributed by atoms with Gasteiger partial charge < -0.3 is 26.6 Å². The molecule has 2 heterocycles. The second kappa shape index (κ2) is 14.6. The van der Waals surface area contributed by atoms with Crippen LogP contribution < -0.4 is 21.7 Å². The number of hydrogen-bond donors (Lipinski definition) is 4. The fourth-order valence-corrected chi connectivity index (χ4v) is 8.58. The van der Waals surface area contributed by atoms with Gasteiger partial charge in [0.15, 0.2) is 0 Å². The molecule has 0 spiro atoms. The molecule has 0 aromatic carbocycles. The quantitative estimate of drug-likeness (QED) is 0.210. The number of fused-ring (bicyclic) bond motifs is 1. The second-order valence-corrected chi connectivity index (χ2v) is 18.6. The Hall–Kier alpha value is -2.78. The van der Waals surface area contributed by atoms with Gasteiger partial charge in [-0.1, -0.05) is 75.2 Å². The van der Waals surface area contributed by atoms with E-state index < -0.39 is 74.7 Å². The molecule has 48 heavy (non-hydrogen) atoms. The van der Waals surface area contributed by atoms with Gasteiger partial charge in [-0.2, -0.15) is 17.0 Å². The predicted octanol–water partition coefficient (Wildman–Crippen LogP) is 1.60. The fraction of sp³-hybridized carbons (Fsp3) is 0.848. The molecular formula is C33H59N7O7S. The maximum absolute atomic E-state index is 14.3. The van der Waals surface area contributed by atoms with Crippen molar-refractivity contribution in [1.82, 2.24) is 29.5 Å². The molecule has 274 valence electrons. The number of hydrogen-bond acceptors (Lipinski definition) is 7. The lowest BCUT2D eigenvalue weighted by molar-refractivity contribution is -0.145. The highest BCUT2D eigenvalue weighted by molar-refractivity contribution is 7.86. The van der Waals surface area contributed by atoms with Crippen LogP contribution in [-0.2, 0) is 29.4 Å². The van der Waals surface area contributed by atoms with Crippen molar-refractivity contribution in [3.63, 3.8) is 0 Å². The fourth-order valence-electron chi connectivity index (χ4n) is 7.13. The van der Waals surface area contributed by atoms with Gasteiger partial charge in [0.1, 0.15) is 12.1 Å². The number of piperidine rings is 2. The summed E-state index contributed by atoms with van der Waals surface area (Å²) in [7, 11) is -2.21. The lowest BCUT2D eigenvalue weighted by atomic mass is 9.85. The molecule has 0 aromatic heterocycles. The molecule has 3 aliphatic rings. The van der Waals surface area contributed by atoms with Crippen LogP contribution in [0.5, 0.6) is 0 Å². The minimum absolute atomic E-state index is 0.0274. The Bertz CT molecular complexity index is 1350. The molecule has 1 unspecified atom stereocenters. The Morgan fingerprint density at radius 2 is 1.52 bits per heavy atom. The Kier molecular flexibility index (Phi) is 12.1. The summed E-state index contributed by atoms with van der Waals surface area (Å²) in [5.74, 6) is -3.11. The summed E-state index contributed by atoms with van der Waals surface area (Å²) in [6.07, 6.45) is 3.35. The largest absolute Gasteiger partial charge is 0.363 e. The average molecular weight is 698 g/mol. The van der Waals surface area contributed by atoms with Gasteiger partial charge in [0.2, 0.25) is 17.6 Å².